The third-order valence-corrected chi connectivity index (χ3v) is 2.15. The number of hydrogen-bond donors (Lipinski definition) is 1. The quantitative estimate of drug-likeness (QED) is 0.803. The number of aryl methyl sites for hydroxylation is 1. The van der Waals surface area contributed by atoms with Gasteiger partial charge in [-0.25, -0.2) is 0 Å². The Morgan fingerprint density at radius 1 is 1.53 bits per heavy atom. The van der Waals surface area contributed by atoms with E-state index >= 15 is 0 Å². The maximum absolute atomic E-state index is 11.1. The van der Waals surface area contributed by atoms with Crippen molar-refractivity contribution in [2.75, 3.05) is 17.8 Å². The molecule has 0 unspecified atom stereocenters. The van der Waals surface area contributed by atoms with Crippen molar-refractivity contribution >= 4 is 23.2 Å². The lowest BCUT2D eigenvalue weighted by Crippen LogP contribution is -2.13. The van der Waals surface area contributed by atoms with Crippen LogP contribution < -0.4 is 10.1 Å². The minimum atomic E-state index is -0.205. The molecule has 3 nitrogen and oxygen atoms in total. The smallest absolute Gasteiger partial charge is 0.239 e. The highest BCUT2D eigenvalue weighted by Crippen LogP contribution is 2.21. The fourth-order valence-corrected chi connectivity index (χ4v) is 1.28. The Bertz CT molecular complexity index is 352. The van der Waals surface area contributed by atoms with Crippen LogP contribution in [0.1, 0.15) is 12.5 Å². The number of rotatable bonds is 4. The molecular weight excluding hydrogens is 214 g/mol. The Labute approximate surface area is 94.4 Å². The lowest BCUT2D eigenvalue weighted by molar-refractivity contribution is -0.113. The van der Waals surface area contributed by atoms with Crippen molar-refractivity contribution in [2.45, 2.75) is 13.8 Å². The molecule has 0 aliphatic carbocycles. The average Bonchev–Trinajstić information content (AvgIpc) is 2.22. The molecule has 0 bridgehead atoms. The number of amides is 1. The van der Waals surface area contributed by atoms with E-state index in [4.69, 9.17) is 16.3 Å². The lowest BCUT2D eigenvalue weighted by atomic mass is 10.2. The first-order chi connectivity index (χ1) is 7.17. The molecule has 1 aromatic rings. The van der Waals surface area contributed by atoms with Gasteiger partial charge >= 0.3 is 0 Å². The van der Waals surface area contributed by atoms with E-state index in [1.54, 1.807) is 0 Å². The van der Waals surface area contributed by atoms with Crippen LogP contribution in [0.4, 0.5) is 5.69 Å². The van der Waals surface area contributed by atoms with Gasteiger partial charge in [0.1, 0.15) is 11.6 Å². The van der Waals surface area contributed by atoms with Gasteiger partial charge in [-0.2, -0.15) is 0 Å². The first-order valence-corrected chi connectivity index (χ1v) is 5.30. The topological polar surface area (TPSA) is 38.3 Å². The normalized spacial score (nSPS) is 9.80. The molecule has 1 N–H and O–H groups in total. The second-order valence-corrected chi connectivity index (χ2v) is 3.36. The number of halogens is 1. The molecule has 1 rings (SSSR count). The van der Waals surface area contributed by atoms with Gasteiger partial charge in [0.25, 0.3) is 0 Å². The van der Waals surface area contributed by atoms with Gasteiger partial charge in [-0.1, -0.05) is 0 Å². The maximum Gasteiger partial charge on any atom is 0.239 e. The molecule has 0 saturated heterocycles. The van der Waals surface area contributed by atoms with Crippen molar-refractivity contribution in [3.63, 3.8) is 0 Å². The summed E-state index contributed by atoms with van der Waals surface area (Å²) in [4.78, 5) is 11.1. The van der Waals surface area contributed by atoms with Crippen LogP contribution in [0.3, 0.4) is 0 Å². The van der Waals surface area contributed by atoms with E-state index in [1.165, 1.54) is 0 Å². The molecule has 0 heterocycles. The van der Waals surface area contributed by atoms with Gasteiger partial charge < -0.3 is 10.1 Å². The summed E-state index contributed by atoms with van der Waals surface area (Å²) >= 11 is 5.40. The van der Waals surface area contributed by atoms with Crippen LogP contribution in [-0.4, -0.2) is 18.4 Å². The van der Waals surface area contributed by atoms with E-state index < -0.39 is 0 Å². The third-order valence-electron chi connectivity index (χ3n) is 1.90. The van der Waals surface area contributed by atoms with Crippen molar-refractivity contribution < 1.29 is 9.53 Å². The minimum absolute atomic E-state index is 0.0351. The van der Waals surface area contributed by atoms with Crippen molar-refractivity contribution in [3.05, 3.63) is 23.8 Å². The number of nitrogens with one attached hydrogen (secondary N) is 1. The van der Waals surface area contributed by atoms with Crippen molar-refractivity contribution in [1.29, 1.82) is 0 Å². The number of carbonyl (C=O) groups excluding carboxylic acids is 1. The summed E-state index contributed by atoms with van der Waals surface area (Å²) < 4.78 is 5.33. The molecule has 82 valence electrons. The monoisotopic (exact) mass is 227 g/mol. The van der Waals surface area contributed by atoms with Crippen LogP contribution in [0, 0.1) is 6.92 Å². The number of benzene rings is 1. The number of anilines is 1. The summed E-state index contributed by atoms with van der Waals surface area (Å²) in [6, 6.07) is 5.51. The maximum atomic E-state index is 11.1. The molecular formula is C11H14ClNO2. The van der Waals surface area contributed by atoms with Crippen LogP contribution in [0.2, 0.25) is 0 Å². The van der Waals surface area contributed by atoms with Gasteiger partial charge in [-0.05, 0) is 37.6 Å². The van der Waals surface area contributed by atoms with E-state index in [-0.39, 0.29) is 11.8 Å². The standard InChI is InChI=1S/C11H14ClNO2/c1-3-15-9-4-5-10(8(2)6-9)13-11(14)7-12/h4-6H,3,7H2,1-2H3,(H,13,14). The highest BCUT2D eigenvalue weighted by Gasteiger charge is 2.04. The van der Waals surface area contributed by atoms with Crippen LogP contribution in [-0.2, 0) is 4.79 Å². The van der Waals surface area contributed by atoms with Gasteiger partial charge in [0.2, 0.25) is 5.91 Å². The lowest BCUT2D eigenvalue weighted by Gasteiger charge is -2.09. The summed E-state index contributed by atoms with van der Waals surface area (Å²) in [6.45, 7) is 4.47. The molecule has 0 aliphatic rings. The summed E-state index contributed by atoms with van der Waals surface area (Å²) in [5, 5.41) is 2.70. The SMILES string of the molecule is CCOc1ccc(NC(=O)CCl)c(C)c1. The van der Waals surface area contributed by atoms with Gasteiger partial charge in [-0.3, -0.25) is 4.79 Å². The zero-order valence-electron chi connectivity index (χ0n) is 8.84. The molecule has 0 aromatic heterocycles. The molecule has 0 aliphatic heterocycles. The predicted octanol–water partition coefficient (Wildman–Crippen LogP) is 2.57. The number of carbonyl (C=O) groups is 1. The predicted molar refractivity (Wildman–Crippen MR) is 61.7 cm³/mol. The number of ether oxygens (including phenoxy) is 1. The fraction of sp³-hybridized carbons (Fsp3) is 0.364. The Morgan fingerprint density at radius 2 is 2.27 bits per heavy atom. The van der Waals surface area contributed by atoms with Gasteiger partial charge in [0.05, 0.1) is 6.61 Å². The van der Waals surface area contributed by atoms with Crippen LogP contribution in [0.25, 0.3) is 0 Å². The molecule has 4 heteroatoms. The van der Waals surface area contributed by atoms with Crippen molar-refractivity contribution in [3.8, 4) is 5.75 Å². The highest BCUT2D eigenvalue weighted by molar-refractivity contribution is 6.29. The van der Waals surface area contributed by atoms with E-state index in [1.807, 2.05) is 32.0 Å². The second-order valence-electron chi connectivity index (χ2n) is 3.09. The molecule has 0 saturated carbocycles. The molecule has 0 atom stereocenters. The first kappa shape index (κ1) is 11.9. The van der Waals surface area contributed by atoms with E-state index in [9.17, 15) is 4.79 Å². The Kier molecular flexibility index (Phi) is 4.43. The van der Waals surface area contributed by atoms with E-state index in [0.29, 0.717) is 6.61 Å². The molecule has 1 aromatic carbocycles. The van der Waals surface area contributed by atoms with Gasteiger partial charge in [-0.15, -0.1) is 11.6 Å². The Morgan fingerprint density at radius 3 is 2.80 bits per heavy atom. The molecule has 0 spiro atoms. The van der Waals surface area contributed by atoms with E-state index in [0.717, 1.165) is 17.0 Å². The Hall–Kier alpha value is -1.22. The molecule has 1 amide bonds. The first-order valence-electron chi connectivity index (χ1n) is 4.76. The second kappa shape index (κ2) is 5.61. The molecule has 0 radical (unpaired) electrons. The van der Waals surface area contributed by atoms with Gasteiger partial charge in [0, 0.05) is 5.69 Å². The fourth-order valence-electron chi connectivity index (χ4n) is 1.22. The van der Waals surface area contributed by atoms with Crippen LogP contribution >= 0.6 is 11.6 Å². The third kappa shape index (κ3) is 3.44. The summed E-state index contributed by atoms with van der Waals surface area (Å²) in [6.07, 6.45) is 0. The summed E-state index contributed by atoms with van der Waals surface area (Å²) in [5.74, 6) is 0.565. The highest BCUT2D eigenvalue weighted by atomic mass is 35.5. The zero-order valence-corrected chi connectivity index (χ0v) is 9.60. The largest absolute Gasteiger partial charge is 0.494 e. The van der Waals surface area contributed by atoms with Crippen molar-refractivity contribution in [2.24, 2.45) is 0 Å². The Balaban J connectivity index is 2.78. The van der Waals surface area contributed by atoms with Gasteiger partial charge in [0.15, 0.2) is 0 Å². The molecule has 15 heavy (non-hydrogen) atoms. The summed E-state index contributed by atoms with van der Waals surface area (Å²) in [7, 11) is 0. The van der Waals surface area contributed by atoms with Crippen LogP contribution in [0.5, 0.6) is 5.75 Å². The van der Waals surface area contributed by atoms with E-state index in [2.05, 4.69) is 5.32 Å². The zero-order chi connectivity index (χ0) is 11.3. The van der Waals surface area contributed by atoms with Crippen LogP contribution in [0.15, 0.2) is 18.2 Å². The number of hydrogen-bond acceptors (Lipinski definition) is 2. The summed E-state index contributed by atoms with van der Waals surface area (Å²) in [5.41, 5.74) is 1.73. The minimum Gasteiger partial charge on any atom is -0.494 e. The molecule has 0 fully saturated rings. The average molecular weight is 228 g/mol. The van der Waals surface area contributed by atoms with Crippen molar-refractivity contribution in [1.82, 2.24) is 0 Å². The number of alkyl halides is 1.